The molecule has 0 aliphatic carbocycles. The monoisotopic (exact) mass is 331 g/mol. The SMILES string of the molecule is COc1ccc(C(=O)Cc2cc(OC)c(OC)c(OC)c2)cc1N. The Morgan fingerprint density at radius 3 is 1.92 bits per heavy atom. The number of anilines is 1. The first-order chi connectivity index (χ1) is 11.5. The van der Waals surface area contributed by atoms with Crippen molar-refractivity contribution < 1.29 is 23.7 Å². The average molecular weight is 331 g/mol. The number of hydrogen-bond donors (Lipinski definition) is 1. The molecule has 0 aliphatic heterocycles. The number of benzene rings is 2. The summed E-state index contributed by atoms with van der Waals surface area (Å²) in [5, 5.41) is 0. The van der Waals surface area contributed by atoms with E-state index in [-0.39, 0.29) is 12.2 Å². The number of methoxy groups -OCH3 is 4. The van der Waals surface area contributed by atoms with E-state index in [4.69, 9.17) is 24.7 Å². The molecular weight excluding hydrogens is 310 g/mol. The van der Waals surface area contributed by atoms with Crippen LogP contribution in [0.25, 0.3) is 0 Å². The topological polar surface area (TPSA) is 80.0 Å². The molecule has 2 N–H and O–H groups in total. The van der Waals surface area contributed by atoms with Crippen molar-refractivity contribution in [2.75, 3.05) is 34.2 Å². The predicted molar refractivity (Wildman–Crippen MR) is 91.5 cm³/mol. The summed E-state index contributed by atoms with van der Waals surface area (Å²) in [7, 11) is 6.13. The molecule has 0 spiro atoms. The lowest BCUT2D eigenvalue weighted by Gasteiger charge is -2.14. The van der Waals surface area contributed by atoms with E-state index in [1.54, 1.807) is 30.3 Å². The number of nitrogens with two attached hydrogens (primary N) is 1. The van der Waals surface area contributed by atoms with E-state index in [9.17, 15) is 4.79 Å². The van der Waals surface area contributed by atoms with Gasteiger partial charge < -0.3 is 24.7 Å². The lowest BCUT2D eigenvalue weighted by atomic mass is 10.0. The van der Waals surface area contributed by atoms with Crippen LogP contribution < -0.4 is 24.7 Å². The third-order valence-corrected chi connectivity index (χ3v) is 3.64. The van der Waals surface area contributed by atoms with E-state index in [0.29, 0.717) is 34.2 Å². The molecule has 6 nitrogen and oxygen atoms in total. The summed E-state index contributed by atoms with van der Waals surface area (Å²) in [5.41, 5.74) is 7.55. The molecule has 0 aromatic heterocycles. The molecule has 0 unspecified atom stereocenters. The molecule has 2 rings (SSSR count). The van der Waals surface area contributed by atoms with Crippen molar-refractivity contribution in [3.8, 4) is 23.0 Å². The fourth-order valence-electron chi connectivity index (χ4n) is 2.43. The van der Waals surface area contributed by atoms with Gasteiger partial charge >= 0.3 is 0 Å². The highest BCUT2D eigenvalue weighted by atomic mass is 16.5. The second-order valence-electron chi connectivity index (χ2n) is 5.09. The largest absolute Gasteiger partial charge is 0.495 e. The van der Waals surface area contributed by atoms with Gasteiger partial charge in [-0.05, 0) is 35.9 Å². The number of Topliss-reactive ketones (excluding diaryl/α,β-unsaturated/α-hetero) is 1. The Hall–Kier alpha value is -2.89. The molecule has 0 atom stereocenters. The van der Waals surface area contributed by atoms with Gasteiger partial charge in [-0.25, -0.2) is 0 Å². The van der Waals surface area contributed by atoms with E-state index >= 15 is 0 Å². The van der Waals surface area contributed by atoms with E-state index in [1.165, 1.54) is 28.4 Å². The predicted octanol–water partition coefficient (Wildman–Crippen LogP) is 2.73. The zero-order chi connectivity index (χ0) is 17.7. The van der Waals surface area contributed by atoms with Gasteiger partial charge in [-0.1, -0.05) is 0 Å². The zero-order valence-corrected chi connectivity index (χ0v) is 14.2. The highest BCUT2D eigenvalue weighted by Crippen LogP contribution is 2.38. The van der Waals surface area contributed by atoms with Crippen LogP contribution in [0.3, 0.4) is 0 Å². The standard InChI is InChI=1S/C18H21NO5/c1-21-15-6-5-12(10-13(15)19)14(20)7-11-8-16(22-2)18(24-4)17(9-11)23-3/h5-6,8-10H,7,19H2,1-4H3. The van der Waals surface area contributed by atoms with Gasteiger partial charge in [0.05, 0.1) is 34.1 Å². The van der Waals surface area contributed by atoms with Crippen molar-refractivity contribution in [2.24, 2.45) is 0 Å². The first-order valence-corrected chi connectivity index (χ1v) is 7.29. The van der Waals surface area contributed by atoms with Gasteiger partial charge in [0.2, 0.25) is 5.75 Å². The van der Waals surface area contributed by atoms with E-state index < -0.39 is 0 Å². The van der Waals surface area contributed by atoms with Crippen LogP contribution in [-0.4, -0.2) is 34.2 Å². The second-order valence-corrected chi connectivity index (χ2v) is 5.09. The molecule has 24 heavy (non-hydrogen) atoms. The maximum Gasteiger partial charge on any atom is 0.203 e. The van der Waals surface area contributed by atoms with Crippen LogP contribution in [0.2, 0.25) is 0 Å². The summed E-state index contributed by atoms with van der Waals surface area (Å²) >= 11 is 0. The molecule has 0 saturated heterocycles. The van der Waals surface area contributed by atoms with E-state index in [1.807, 2.05) is 0 Å². The number of nitrogen functional groups attached to an aromatic ring is 1. The minimum Gasteiger partial charge on any atom is -0.495 e. The van der Waals surface area contributed by atoms with Gasteiger partial charge in [0, 0.05) is 12.0 Å². The highest BCUT2D eigenvalue weighted by molar-refractivity contribution is 5.98. The first-order valence-electron chi connectivity index (χ1n) is 7.29. The first kappa shape index (κ1) is 17.5. The van der Waals surface area contributed by atoms with Crippen LogP contribution in [0, 0.1) is 0 Å². The molecule has 0 saturated carbocycles. The lowest BCUT2D eigenvalue weighted by Crippen LogP contribution is -2.06. The van der Waals surface area contributed by atoms with Crippen molar-refractivity contribution in [1.29, 1.82) is 0 Å². The molecule has 2 aromatic rings. The summed E-state index contributed by atoms with van der Waals surface area (Å²) in [6, 6.07) is 8.49. The van der Waals surface area contributed by atoms with Crippen molar-refractivity contribution in [3.05, 3.63) is 41.5 Å². The number of rotatable bonds is 7. The Morgan fingerprint density at radius 1 is 0.875 bits per heavy atom. The van der Waals surface area contributed by atoms with Crippen molar-refractivity contribution in [2.45, 2.75) is 6.42 Å². The lowest BCUT2D eigenvalue weighted by molar-refractivity contribution is 0.0993. The van der Waals surface area contributed by atoms with Crippen LogP contribution in [-0.2, 0) is 6.42 Å². The summed E-state index contributed by atoms with van der Waals surface area (Å²) < 4.78 is 21.0. The summed E-state index contributed by atoms with van der Waals surface area (Å²) in [5.74, 6) is 1.98. The molecule has 0 radical (unpaired) electrons. The van der Waals surface area contributed by atoms with Crippen LogP contribution in [0.1, 0.15) is 15.9 Å². The van der Waals surface area contributed by atoms with Crippen LogP contribution in [0.15, 0.2) is 30.3 Å². The van der Waals surface area contributed by atoms with E-state index in [0.717, 1.165) is 5.56 Å². The van der Waals surface area contributed by atoms with Crippen molar-refractivity contribution >= 4 is 11.5 Å². The van der Waals surface area contributed by atoms with Gasteiger partial charge in [0.25, 0.3) is 0 Å². The molecule has 0 aliphatic rings. The molecule has 0 amide bonds. The van der Waals surface area contributed by atoms with Gasteiger partial charge in [-0.3, -0.25) is 4.79 Å². The Kier molecular flexibility index (Phi) is 5.52. The van der Waals surface area contributed by atoms with Crippen molar-refractivity contribution in [1.82, 2.24) is 0 Å². The molecule has 6 heteroatoms. The number of hydrogen-bond acceptors (Lipinski definition) is 6. The maximum atomic E-state index is 12.5. The van der Waals surface area contributed by atoms with Crippen LogP contribution >= 0.6 is 0 Å². The molecule has 0 heterocycles. The molecule has 2 aromatic carbocycles. The summed E-state index contributed by atoms with van der Waals surface area (Å²) in [6.45, 7) is 0. The van der Waals surface area contributed by atoms with Gasteiger partial charge in [0.1, 0.15) is 5.75 Å². The third-order valence-electron chi connectivity index (χ3n) is 3.64. The summed E-state index contributed by atoms with van der Waals surface area (Å²) in [6.07, 6.45) is 0.183. The fourth-order valence-corrected chi connectivity index (χ4v) is 2.43. The Labute approximate surface area is 141 Å². The zero-order valence-electron chi connectivity index (χ0n) is 14.2. The molecule has 0 fully saturated rings. The van der Waals surface area contributed by atoms with E-state index in [2.05, 4.69) is 0 Å². The van der Waals surface area contributed by atoms with Crippen LogP contribution in [0.4, 0.5) is 5.69 Å². The maximum absolute atomic E-state index is 12.5. The highest BCUT2D eigenvalue weighted by Gasteiger charge is 2.16. The van der Waals surface area contributed by atoms with Gasteiger partial charge in [0.15, 0.2) is 17.3 Å². The third kappa shape index (κ3) is 3.53. The minimum absolute atomic E-state index is 0.0707. The number of carbonyl (C=O) groups excluding carboxylic acids is 1. The van der Waals surface area contributed by atoms with Crippen molar-refractivity contribution in [3.63, 3.8) is 0 Å². The Bertz CT molecular complexity index is 717. The molecule has 0 bridgehead atoms. The van der Waals surface area contributed by atoms with Crippen LogP contribution in [0.5, 0.6) is 23.0 Å². The number of ketones is 1. The molecule has 128 valence electrons. The Morgan fingerprint density at radius 2 is 1.46 bits per heavy atom. The molecular formula is C18H21NO5. The second kappa shape index (κ2) is 7.59. The van der Waals surface area contributed by atoms with Gasteiger partial charge in [-0.15, -0.1) is 0 Å². The van der Waals surface area contributed by atoms with Gasteiger partial charge in [-0.2, -0.15) is 0 Å². The normalized spacial score (nSPS) is 10.2. The summed E-state index contributed by atoms with van der Waals surface area (Å²) in [4.78, 5) is 12.5. The smallest absolute Gasteiger partial charge is 0.203 e. The number of ether oxygens (including phenoxy) is 4. The number of carbonyl (C=O) groups is 1. The Balaban J connectivity index is 2.30. The minimum atomic E-state index is -0.0707. The average Bonchev–Trinajstić information content (AvgIpc) is 2.60. The fraction of sp³-hybridized carbons (Fsp3) is 0.278. The quantitative estimate of drug-likeness (QED) is 0.621.